The Kier molecular flexibility index (Phi) is 3.53. The van der Waals surface area contributed by atoms with E-state index in [1.54, 1.807) is 11.3 Å². The summed E-state index contributed by atoms with van der Waals surface area (Å²) >= 11 is 1.60. The van der Waals surface area contributed by atoms with Gasteiger partial charge in [-0.05, 0) is 37.1 Å². The summed E-state index contributed by atoms with van der Waals surface area (Å²) < 4.78 is 3.15. The van der Waals surface area contributed by atoms with Crippen molar-refractivity contribution in [3.8, 4) is 0 Å². The highest BCUT2D eigenvalue weighted by molar-refractivity contribution is 7.24. The maximum atomic E-state index is 13.4. The molecule has 4 nitrogen and oxygen atoms in total. The quantitative estimate of drug-likeness (QED) is 0.350. The topological polar surface area (TPSA) is 47.3 Å². The van der Waals surface area contributed by atoms with Crippen LogP contribution < -0.4 is 5.43 Å². The maximum Gasteiger partial charge on any atom is 0.201 e. The SMILES string of the molecule is O=c1c2ccccc2sc2nc(C3CCCCC3)n3c4ccccc4nc3c12. The van der Waals surface area contributed by atoms with Gasteiger partial charge in [0.05, 0.1) is 11.0 Å². The molecule has 1 saturated carbocycles. The molecule has 3 heterocycles. The molecule has 0 N–H and O–H groups in total. The number of imidazole rings is 1. The zero-order valence-electron chi connectivity index (χ0n) is 15.4. The second-order valence-corrected chi connectivity index (χ2v) is 8.70. The molecule has 1 fully saturated rings. The Labute approximate surface area is 165 Å². The lowest BCUT2D eigenvalue weighted by molar-refractivity contribution is 0.427. The van der Waals surface area contributed by atoms with E-state index in [0.29, 0.717) is 11.3 Å². The Morgan fingerprint density at radius 2 is 1.71 bits per heavy atom. The smallest absolute Gasteiger partial charge is 0.201 e. The van der Waals surface area contributed by atoms with Gasteiger partial charge in [0.1, 0.15) is 16.0 Å². The zero-order valence-corrected chi connectivity index (χ0v) is 16.2. The van der Waals surface area contributed by atoms with Crippen molar-refractivity contribution in [3.63, 3.8) is 0 Å². The van der Waals surface area contributed by atoms with Crippen molar-refractivity contribution in [3.05, 3.63) is 64.6 Å². The van der Waals surface area contributed by atoms with Crippen LogP contribution in [0.1, 0.15) is 43.8 Å². The number of hydrogen-bond donors (Lipinski definition) is 0. The third kappa shape index (κ3) is 2.26. The van der Waals surface area contributed by atoms with Crippen molar-refractivity contribution in [2.75, 3.05) is 0 Å². The molecule has 6 rings (SSSR count). The van der Waals surface area contributed by atoms with Crippen molar-refractivity contribution < 1.29 is 0 Å². The number of fused-ring (bicyclic) bond motifs is 6. The predicted octanol–water partition coefficient (Wildman–Crippen LogP) is 5.66. The summed E-state index contributed by atoms with van der Waals surface area (Å²) in [5.74, 6) is 1.49. The Balaban J connectivity index is 1.83. The van der Waals surface area contributed by atoms with E-state index in [9.17, 15) is 4.79 Å². The Morgan fingerprint density at radius 3 is 2.61 bits per heavy atom. The van der Waals surface area contributed by atoms with E-state index in [1.807, 2.05) is 42.5 Å². The lowest BCUT2D eigenvalue weighted by Crippen LogP contribution is -2.14. The van der Waals surface area contributed by atoms with Crippen molar-refractivity contribution in [2.24, 2.45) is 0 Å². The van der Waals surface area contributed by atoms with E-state index in [1.165, 1.54) is 19.3 Å². The maximum absolute atomic E-state index is 13.4. The second kappa shape index (κ2) is 6.11. The lowest BCUT2D eigenvalue weighted by atomic mass is 9.88. The number of hydrogen-bond acceptors (Lipinski definition) is 4. The minimum absolute atomic E-state index is 0.0346. The summed E-state index contributed by atoms with van der Waals surface area (Å²) in [6.07, 6.45) is 6.10. The molecule has 1 aliphatic carbocycles. The van der Waals surface area contributed by atoms with Crippen molar-refractivity contribution in [1.29, 1.82) is 0 Å². The molecule has 0 atom stereocenters. The third-order valence-electron chi connectivity index (χ3n) is 5.98. The first-order valence-corrected chi connectivity index (χ1v) is 10.8. The average Bonchev–Trinajstić information content (AvgIpc) is 3.13. The van der Waals surface area contributed by atoms with Crippen LogP contribution in [0, 0.1) is 0 Å². The van der Waals surface area contributed by atoms with Gasteiger partial charge >= 0.3 is 0 Å². The van der Waals surface area contributed by atoms with Gasteiger partial charge in [0.15, 0.2) is 5.65 Å². The van der Waals surface area contributed by atoms with Crippen LogP contribution >= 0.6 is 11.3 Å². The Hall–Kier alpha value is -2.79. The van der Waals surface area contributed by atoms with Gasteiger partial charge in [-0.25, -0.2) is 9.97 Å². The molecule has 0 saturated heterocycles. The van der Waals surface area contributed by atoms with Crippen LogP contribution in [0.5, 0.6) is 0 Å². The second-order valence-electron chi connectivity index (χ2n) is 7.67. The molecule has 0 radical (unpaired) electrons. The van der Waals surface area contributed by atoms with Crippen LogP contribution in [-0.4, -0.2) is 14.4 Å². The number of aromatic nitrogens is 3. The Bertz CT molecular complexity index is 1430. The van der Waals surface area contributed by atoms with E-state index in [4.69, 9.17) is 9.97 Å². The summed E-state index contributed by atoms with van der Waals surface area (Å²) in [6.45, 7) is 0. The molecule has 1 aliphatic rings. The number of benzene rings is 2. The molecular formula is C23H19N3OS. The van der Waals surface area contributed by atoms with Gasteiger partial charge in [-0.1, -0.05) is 43.5 Å². The van der Waals surface area contributed by atoms with E-state index in [2.05, 4.69) is 10.5 Å². The van der Waals surface area contributed by atoms with Crippen molar-refractivity contribution in [2.45, 2.75) is 38.0 Å². The van der Waals surface area contributed by atoms with Crippen molar-refractivity contribution in [1.82, 2.24) is 14.4 Å². The van der Waals surface area contributed by atoms with E-state index < -0.39 is 0 Å². The lowest BCUT2D eigenvalue weighted by Gasteiger charge is -2.22. The van der Waals surface area contributed by atoms with Gasteiger partial charge in [-0.2, -0.15) is 0 Å². The molecule has 5 aromatic rings. The van der Waals surface area contributed by atoms with E-state index in [-0.39, 0.29) is 5.43 Å². The molecule has 0 bridgehead atoms. The first-order valence-electron chi connectivity index (χ1n) is 9.94. The summed E-state index contributed by atoms with van der Waals surface area (Å²) in [6, 6.07) is 16.0. The highest BCUT2D eigenvalue weighted by atomic mass is 32.1. The number of rotatable bonds is 1. The standard InChI is InChI=1S/C23H19N3OS/c27-20-15-10-4-7-13-18(15)28-23-19(20)22-24-16-11-5-6-12-17(16)26(22)21(25-23)14-8-2-1-3-9-14/h4-7,10-14H,1-3,8-9H2. The van der Waals surface area contributed by atoms with Gasteiger partial charge in [-0.3, -0.25) is 9.20 Å². The van der Waals surface area contributed by atoms with Crippen LogP contribution in [0.15, 0.2) is 53.3 Å². The fraction of sp³-hybridized carbons (Fsp3) is 0.261. The van der Waals surface area contributed by atoms with E-state index in [0.717, 1.165) is 50.3 Å². The summed E-state index contributed by atoms with van der Waals surface area (Å²) in [5, 5.41) is 1.40. The fourth-order valence-electron chi connectivity index (χ4n) is 4.62. The van der Waals surface area contributed by atoms with Crippen LogP contribution in [0.4, 0.5) is 0 Å². The normalized spacial score (nSPS) is 15.9. The summed E-state index contributed by atoms with van der Waals surface area (Å²) in [4.78, 5) is 24.2. The highest BCUT2D eigenvalue weighted by Crippen LogP contribution is 2.36. The fourth-order valence-corrected chi connectivity index (χ4v) is 5.67. The van der Waals surface area contributed by atoms with Crippen LogP contribution in [0.3, 0.4) is 0 Å². The monoisotopic (exact) mass is 385 g/mol. The molecule has 2 aromatic carbocycles. The van der Waals surface area contributed by atoms with Gasteiger partial charge in [0.2, 0.25) is 5.43 Å². The molecule has 0 amide bonds. The summed E-state index contributed by atoms with van der Waals surface area (Å²) in [5.41, 5.74) is 2.77. The third-order valence-corrected chi connectivity index (χ3v) is 7.04. The largest absolute Gasteiger partial charge is 0.288 e. The minimum atomic E-state index is 0.0346. The summed E-state index contributed by atoms with van der Waals surface area (Å²) in [7, 11) is 0. The van der Waals surface area contributed by atoms with Gasteiger partial charge in [0, 0.05) is 16.0 Å². The zero-order chi connectivity index (χ0) is 18.7. The number of para-hydroxylation sites is 2. The first-order chi connectivity index (χ1) is 13.8. The number of nitrogens with zero attached hydrogens (tertiary/aromatic N) is 3. The molecule has 3 aromatic heterocycles. The van der Waals surface area contributed by atoms with Crippen LogP contribution in [-0.2, 0) is 0 Å². The Morgan fingerprint density at radius 1 is 0.929 bits per heavy atom. The predicted molar refractivity (Wildman–Crippen MR) is 115 cm³/mol. The molecule has 28 heavy (non-hydrogen) atoms. The van der Waals surface area contributed by atoms with Gasteiger partial charge < -0.3 is 0 Å². The molecule has 0 spiro atoms. The highest BCUT2D eigenvalue weighted by Gasteiger charge is 2.24. The van der Waals surface area contributed by atoms with Crippen molar-refractivity contribution >= 4 is 48.3 Å². The minimum Gasteiger partial charge on any atom is -0.288 e. The first kappa shape index (κ1) is 16.2. The molecule has 0 unspecified atom stereocenters. The van der Waals surface area contributed by atoms with Crippen LogP contribution in [0.25, 0.3) is 37.0 Å². The van der Waals surface area contributed by atoms with Gasteiger partial charge in [-0.15, -0.1) is 11.3 Å². The molecular weight excluding hydrogens is 366 g/mol. The molecule has 5 heteroatoms. The van der Waals surface area contributed by atoms with Gasteiger partial charge in [0.25, 0.3) is 0 Å². The van der Waals surface area contributed by atoms with E-state index >= 15 is 0 Å². The molecule has 138 valence electrons. The van der Waals surface area contributed by atoms with Crippen LogP contribution in [0.2, 0.25) is 0 Å². The average molecular weight is 385 g/mol. The molecule has 0 aliphatic heterocycles.